The van der Waals surface area contributed by atoms with Crippen LogP contribution < -0.4 is 38.4 Å². The van der Waals surface area contributed by atoms with Gasteiger partial charge in [0.2, 0.25) is 11.9 Å². The van der Waals surface area contributed by atoms with Crippen molar-refractivity contribution in [2.24, 2.45) is 0 Å². The molecule has 31 nitrogen and oxygen atoms in total. The highest BCUT2D eigenvalue weighted by molar-refractivity contribution is 7.98. The number of ether oxygens (including phenoxy) is 2. The topological polar surface area (TPSA) is 379 Å². The van der Waals surface area contributed by atoms with Gasteiger partial charge in [0.25, 0.3) is 16.7 Å². The van der Waals surface area contributed by atoms with Crippen LogP contribution in [-0.4, -0.2) is 147 Å². The molecule has 670 valence electrons. The lowest BCUT2D eigenvalue weighted by Crippen LogP contribution is -2.44. The van der Waals surface area contributed by atoms with E-state index in [4.69, 9.17) is 20.2 Å². The van der Waals surface area contributed by atoms with Crippen LogP contribution in [0.15, 0.2) is 129 Å². The quantitative estimate of drug-likeness (QED) is 0.0302. The lowest BCUT2D eigenvalue weighted by molar-refractivity contribution is 0.0187. The molecule has 0 atom stereocenters. The maximum Gasteiger partial charge on any atom is 0.410 e. The molecule has 18 rings (SSSR count). The molecule has 3 spiro atoms. The minimum absolute atomic E-state index is 0.0433. The van der Waals surface area contributed by atoms with E-state index in [1.165, 1.54) is 168 Å². The number of nitrogens with zero attached hydrogens (tertiary/aromatic N) is 17. The number of rotatable bonds is 14. The Morgan fingerprint density at radius 3 is 1.17 bits per heavy atom. The normalized spacial score (nSPS) is 15.9. The zero-order valence-electron chi connectivity index (χ0n) is 75.0. The van der Waals surface area contributed by atoms with Gasteiger partial charge in [0, 0.05) is 109 Å². The molecule has 12 aromatic rings. The van der Waals surface area contributed by atoms with Gasteiger partial charge < -0.3 is 56.3 Å². The van der Waals surface area contributed by atoms with Crippen LogP contribution in [0, 0.1) is 17.5 Å². The molecule has 0 bridgehead atoms. The number of nitrogens with two attached hydrogens (primary N) is 1. The monoisotopic (exact) mass is 1760 g/mol. The summed E-state index contributed by atoms with van der Waals surface area (Å²) in [6.45, 7) is 35.5. The zero-order valence-corrected chi connectivity index (χ0v) is 75.8. The number of thioether (sulfide) groups is 1. The summed E-state index contributed by atoms with van der Waals surface area (Å²) in [6, 6.07) is 25.9. The Morgan fingerprint density at radius 2 is 0.819 bits per heavy atom. The maximum atomic E-state index is 14.6. The highest BCUT2D eigenvalue weighted by Crippen LogP contribution is 2.55. The van der Waals surface area contributed by atoms with Crippen LogP contribution in [0.25, 0.3) is 50.6 Å². The number of aliphatic hydroxyl groups is 3. The third kappa shape index (κ3) is 18.1. The van der Waals surface area contributed by atoms with Crippen molar-refractivity contribution < 1.29 is 47.6 Å². The summed E-state index contributed by atoms with van der Waals surface area (Å²) >= 11 is 1.35. The molecule has 0 radical (unpaired) electrons. The average Bonchev–Trinajstić information content (AvgIpc) is 1.59. The van der Waals surface area contributed by atoms with Gasteiger partial charge in [0.15, 0.2) is 39.6 Å². The summed E-state index contributed by atoms with van der Waals surface area (Å²) < 4.78 is 63.6. The van der Waals surface area contributed by atoms with Gasteiger partial charge >= 0.3 is 12.2 Å². The molecule has 2 amide bonds. The Balaban J connectivity index is 0.000000136. The van der Waals surface area contributed by atoms with Crippen LogP contribution in [0.1, 0.15) is 232 Å². The summed E-state index contributed by atoms with van der Waals surface area (Å²) in [5.74, 6) is -0.504. The third-order valence-corrected chi connectivity index (χ3v) is 23.9. The molecule has 35 heteroatoms. The first-order valence-corrected chi connectivity index (χ1v) is 43.9. The van der Waals surface area contributed by atoms with Gasteiger partial charge in [0.1, 0.15) is 78.7 Å². The predicted octanol–water partition coefficient (Wildman–Crippen LogP) is 15.0. The van der Waals surface area contributed by atoms with E-state index < -0.39 is 45.5 Å². The summed E-state index contributed by atoms with van der Waals surface area (Å²) in [5, 5.41) is 42.7. The third-order valence-electron chi connectivity index (χ3n) is 23.3. The largest absolute Gasteiger partial charge is 0.444 e. The second-order valence-corrected chi connectivity index (χ2v) is 39.1. The van der Waals surface area contributed by atoms with Gasteiger partial charge in [-0.1, -0.05) is 30.0 Å². The number of nitrogen functional groups attached to an aromatic ring is 1. The van der Waals surface area contributed by atoms with E-state index in [2.05, 4.69) is 80.1 Å². The molecule has 12 heterocycles. The molecule has 6 aliphatic rings. The fourth-order valence-electron chi connectivity index (χ4n) is 17.0. The molecular formula is C92H110F3N21O10S. The van der Waals surface area contributed by atoms with Crippen LogP contribution in [0.4, 0.5) is 51.7 Å². The van der Waals surface area contributed by atoms with E-state index in [1.807, 2.05) is 125 Å². The first kappa shape index (κ1) is 89.9. The van der Waals surface area contributed by atoms with Crippen molar-refractivity contribution in [1.29, 1.82) is 0 Å². The summed E-state index contributed by atoms with van der Waals surface area (Å²) in [6.07, 6.45) is 12.5. The second kappa shape index (κ2) is 33.1. The SMILES string of the molecule is CC(C)(C)OC(=O)N1Cc2cc(N)ccc2C2(CC2)C1.CC(C)n1c(=O)c2cnc(Nc3ccc4c(c3)CN(C(=O)OC(C)(C)C)CC43CC3)nc2n1-c1ccc(F)c(C(C)(C)O)n1.CC(C)n1c(=O)c2cnc(Nc3ccc4c(c3)CNCC43CC3)nc2n1-c1ccc(F)c(C(C)(C)O)n1.CSc1ncc2c(=O)n(C(C)C)n(-c3ccc(F)c(C(C)(C)O)n3)c2n1. The predicted molar refractivity (Wildman–Crippen MR) is 479 cm³/mol. The summed E-state index contributed by atoms with van der Waals surface area (Å²) in [5.41, 5.74) is 10.4. The molecular weight excluding hydrogens is 1650 g/mol. The smallest absolute Gasteiger partial charge is 0.410 e. The summed E-state index contributed by atoms with van der Waals surface area (Å²) in [7, 11) is 0. The number of amides is 2. The van der Waals surface area contributed by atoms with E-state index in [9.17, 15) is 52.5 Å². The minimum atomic E-state index is -1.54. The number of hydrogen-bond acceptors (Lipinski definition) is 24. The Bertz CT molecular complexity index is 6520. The molecule has 0 unspecified atom stereocenters. The van der Waals surface area contributed by atoms with Crippen molar-refractivity contribution in [1.82, 2.24) is 88.1 Å². The van der Waals surface area contributed by atoms with Gasteiger partial charge in [-0.05, 0) is 276 Å². The van der Waals surface area contributed by atoms with Crippen LogP contribution in [-0.2, 0) is 62.2 Å². The van der Waals surface area contributed by atoms with E-state index in [0.717, 1.165) is 67.9 Å². The van der Waals surface area contributed by atoms with Gasteiger partial charge in [-0.2, -0.15) is 9.97 Å². The number of aromatic nitrogens is 15. The van der Waals surface area contributed by atoms with Gasteiger partial charge in [-0.15, -0.1) is 0 Å². The second-order valence-electron chi connectivity index (χ2n) is 38.3. The van der Waals surface area contributed by atoms with Crippen molar-refractivity contribution in [3.8, 4) is 17.5 Å². The molecule has 8 N–H and O–H groups in total. The van der Waals surface area contributed by atoms with Crippen molar-refractivity contribution in [3.63, 3.8) is 0 Å². The average molecular weight is 1760 g/mol. The number of hydrogen-bond donors (Lipinski definition) is 7. The number of pyridine rings is 3. The van der Waals surface area contributed by atoms with Crippen molar-refractivity contribution in [3.05, 3.63) is 209 Å². The molecule has 127 heavy (non-hydrogen) atoms. The zero-order chi connectivity index (χ0) is 91.6. The Morgan fingerprint density at radius 1 is 0.472 bits per heavy atom. The van der Waals surface area contributed by atoms with Crippen LogP contribution in [0.2, 0.25) is 0 Å². The number of nitrogens with one attached hydrogen (secondary N) is 3. The number of carbonyl (C=O) groups is 2. The highest BCUT2D eigenvalue weighted by atomic mass is 32.2. The van der Waals surface area contributed by atoms with Gasteiger partial charge in [-0.25, -0.2) is 85.7 Å². The Kier molecular flexibility index (Phi) is 23.4. The van der Waals surface area contributed by atoms with Crippen LogP contribution in [0.5, 0.6) is 0 Å². The van der Waals surface area contributed by atoms with Crippen LogP contribution in [0.3, 0.4) is 0 Å². The van der Waals surface area contributed by atoms with E-state index in [1.54, 1.807) is 14.3 Å². The minimum Gasteiger partial charge on any atom is -0.444 e. The molecule has 3 aromatic carbocycles. The fourth-order valence-corrected chi connectivity index (χ4v) is 17.3. The van der Waals surface area contributed by atoms with E-state index in [-0.39, 0.29) is 104 Å². The number of fused-ring (bicyclic) bond motifs is 9. The molecule has 3 aliphatic heterocycles. The number of halogens is 3. The first-order valence-electron chi connectivity index (χ1n) is 42.7. The van der Waals surface area contributed by atoms with Gasteiger partial charge in [-0.3, -0.25) is 14.4 Å². The Labute approximate surface area is 736 Å². The Hall–Kier alpha value is -11.9. The number of benzene rings is 3. The van der Waals surface area contributed by atoms with Crippen LogP contribution >= 0.6 is 11.8 Å². The van der Waals surface area contributed by atoms with Crippen molar-refractivity contribution in [2.75, 3.05) is 42.3 Å². The number of carbonyl (C=O) groups excluding carboxylic acids is 2. The van der Waals surface area contributed by atoms with Crippen molar-refractivity contribution in [2.45, 2.75) is 250 Å². The molecule has 9 aromatic heterocycles. The highest BCUT2D eigenvalue weighted by Gasteiger charge is 2.53. The maximum absolute atomic E-state index is 14.6. The number of anilines is 5. The lowest BCUT2D eigenvalue weighted by atomic mass is 9.87. The lowest BCUT2D eigenvalue weighted by Gasteiger charge is -2.36. The van der Waals surface area contributed by atoms with E-state index >= 15 is 0 Å². The fraction of sp³-hybridized carbons (Fsp3) is 0.457. The summed E-state index contributed by atoms with van der Waals surface area (Å²) in [4.78, 5) is 108. The molecule has 3 fully saturated rings. The van der Waals surface area contributed by atoms with Crippen molar-refractivity contribution >= 4 is 86.0 Å². The standard InChI is InChI=1S/C32H38FN7O4.C27H30FN7O2.C17H20FN5O2S.C16H22N2O2/c1-18(2)39-27(41)21-15-34-28(37-26(21)40(39)24-11-10-23(33)25(36-24)31(6,7)43)35-20-8-9-22-19(14-20)16-38(17-32(22)12-13-32)29(42)44-30(3,4)5;1-15(2)34-24(36)18-13-30-25(31-17-5-6-19-16(11-17)12-29-14-27(19)9-10-27)33-23(18)35(34)21-8-7-20(28)22(32-21)26(3,4)37;1-9(2)22-15(24)10-8-19-16(26-5)21-14(10)23(22)12-7-6-11(18)13(20-12)17(3,4)25;1-15(2,3)20-14(19)18-9-11-8-12(17)4-5-13(11)16(10-18)6-7-16/h8-11,14-15,18,43H,12-13,16-17H2,1-7H3,(H,34,35,37);5-8,11,13,15,29,37H,9-10,12,14H2,1-4H3,(H,30,31,33);6-9,25H,1-5H3;4-5,8H,6-7,9-10,17H2,1-3H3. The molecule has 3 aliphatic carbocycles. The van der Waals surface area contributed by atoms with Gasteiger partial charge in [0.05, 0.1) is 0 Å². The van der Waals surface area contributed by atoms with E-state index in [0.29, 0.717) is 64.0 Å². The first-order chi connectivity index (χ1) is 59.6. The molecule has 0 saturated heterocycles. The molecule has 3 saturated carbocycles.